The van der Waals surface area contributed by atoms with Gasteiger partial charge in [-0.25, -0.2) is 19.4 Å². The van der Waals surface area contributed by atoms with Crippen molar-refractivity contribution in [2.24, 2.45) is 0 Å². The summed E-state index contributed by atoms with van der Waals surface area (Å²) in [5.74, 6) is -1.50. The van der Waals surface area contributed by atoms with Gasteiger partial charge in [-0.3, -0.25) is 9.59 Å². The number of anilines is 2. The first-order valence-electron chi connectivity index (χ1n) is 10.5. The average molecular weight is 480 g/mol. The zero-order valence-corrected chi connectivity index (χ0v) is 17.9. The van der Waals surface area contributed by atoms with Gasteiger partial charge in [0.2, 0.25) is 0 Å². The number of halogens is 1. The number of hydrogen-bond donors (Lipinski definition) is 3. The van der Waals surface area contributed by atoms with Gasteiger partial charge in [0.25, 0.3) is 17.6 Å². The van der Waals surface area contributed by atoms with Crippen molar-refractivity contribution in [1.82, 2.24) is 51.0 Å². The van der Waals surface area contributed by atoms with Gasteiger partial charge in [0, 0.05) is 44.8 Å². The number of rotatable bonds is 5. The third-order valence-electron chi connectivity index (χ3n) is 5.71. The predicted octanol–water partition coefficient (Wildman–Crippen LogP) is -0.502. The summed E-state index contributed by atoms with van der Waals surface area (Å²) in [4.78, 5) is 40.4. The number of piperazine rings is 1. The van der Waals surface area contributed by atoms with Crippen LogP contribution in [0.1, 0.15) is 10.4 Å². The summed E-state index contributed by atoms with van der Waals surface area (Å²) in [6.07, 6.45) is 8.49. The fraction of sp³-hybridized carbons (Fsp3) is 0.211. The molecule has 0 spiro atoms. The number of pyridine rings is 1. The highest BCUT2D eigenvalue weighted by Gasteiger charge is 2.32. The van der Waals surface area contributed by atoms with Crippen LogP contribution in [-0.2, 0) is 4.79 Å². The summed E-state index contributed by atoms with van der Waals surface area (Å²) in [6, 6.07) is 0.212. The van der Waals surface area contributed by atoms with E-state index in [1.165, 1.54) is 33.2 Å². The lowest BCUT2D eigenvalue weighted by Crippen LogP contribution is -2.51. The molecule has 3 N–H and O–H groups in total. The maximum atomic E-state index is 14.7. The maximum Gasteiger partial charge on any atom is 0.327 e. The second kappa shape index (κ2) is 8.17. The number of carbonyl (C=O) groups excluding carboxylic acids is 2. The lowest BCUT2D eigenvalue weighted by Gasteiger charge is -2.34. The van der Waals surface area contributed by atoms with Crippen LogP contribution < -0.4 is 20.9 Å². The second-order valence-electron chi connectivity index (χ2n) is 7.64. The van der Waals surface area contributed by atoms with Crippen LogP contribution in [0.4, 0.5) is 16.2 Å². The molecule has 0 atom stereocenters. The summed E-state index contributed by atoms with van der Waals surface area (Å²) in [5, 5.41) is 13.1. The van der Waals surface area contributed by atoms with E-state index in [0.29, 0.717) is 24.9 Å². The van der Waals surface area contributed by atoms with Gasteiger partial charge in [0.1, 0.15) is 6.26 Å². The number of amides is 1. The first kappa shape index (κ1) is 20.7. The lowest BCUT2D eigenvalue weighted by atomic mass is 10.1. The number of hydrazine groups is 2. The Hall–Kier alpha value is -4.86. The third-order valence-corrected chi connectivity index (χ3v) is 5.71. The number of oxazole rings is 1. The van der Waals surface area contributed by atoms with Gasteiger partial charge in [-0.05, 0) is 10.4 Å². The molecule has 2 aliphatic heterocycles. The zero-order valence-electron chi connectivity index (χ0n) is 17.9. The van der Waals surface area contributed by atoms with E-state index in [9.17, 15) is 14.0 Å². The number of aromatic amines is 1. The highest BCUT2D eigenvalue weighted by Crippen LogP contribution is 2.29. The van der Waals surface area contributed by atoms with Crippen LogP contribution in [0, 0.1) is 5.82 Å². The molecule has 4 aromatic rings. The summed E-state index contributed by atoms with van der Waals surface area (Å²) in [5.41, 5.74) is 5.79. The van der Waals surface area contributed by atoms with E-state index in [1.54, 1.807) is 12.4 Å². The molecular weight excluding hydrogens is 463 g/mol. The molecule has 35 heavy (non-hydrogen) atoms. The number of hydrogen-bond acceptors (Lipinski definition) is 12. The van der Waals surface area contributed by atoms with E-state index in [4.69, 9.17) is 4.42 Å². The van der Waals surface area contributed by atoms with Gasteiger partial charge in [-0.1, -0.05) is 5.10 Å². The summed E-state index contributed by atoms with van der Waals surface area (Å²) in [6.45, 7) is 1.23. The molecule has 2 aliphatic rings. The molecular formula is C19H17FN12O3. The molecule has 0 unspecified atom stereocenters. The molecule has 1 amide bonds. The van der Waals surface area contributed by atoms with E-state index in [2.05, 4.69) is 41.4 Å². The number of aromatic nitrogens is 7. The van der Waals surface area contributed by atoms with Crippen molar-refractivity contribution in [3.8, 4) is 6.01 Å². The van der Waals surface area contributed by atoms with Crippen LogP contribution in [0.3, 0.4) is 0 Å². The van der Waals surface area contributed by atoms with E-state index in [1.807, 2.05) is 4.90 Å². The molecule has 0 saturated carbocycles. The number of ketones is 1. The first-order valence-corrected chi connectivity index (χ1v) is 10.5. The van der Waals surface area contributed by atoms with Crippen LogP contribution in [0.5, 0.6) is 0 Å². The van der Waals surface area contributed by atoms with Gasteiger partial charge in [0.05, 0.1) is 28.9 Å². The normalized spacial score (nSPS) is 15.7. The van der Waals surface area contributed by atoms with E-state index in [-0.39, 0.29) is 35.6 Å². The van der Waals surface area contributed by atoms with Crippen LogP contribution in [0.2, 0.25) is 0 Å². The standard InChI is InChI=1S/C19H17FN12O3/c20-12-10-23-16(31-3-1-24-27-31)14-13(12)11(9-22-14)15(33)17(34)29-4-6-30(7-5-29)18-25-26-28-32(18)19-21-2-8-35-19/h1-3,8-10,22,24,27H,4-7H2. The minimum atomic E-state index is -0.812. The topological polar surface area (TPSA) is 166 Å². The highest BCUT2D eigenvalue weighted by atomic mass is 19.1. The Kier molecular flexibility index (Phi) is 4.84. The van der Waals surface area contributed by atoms with Crippen molar-refractivity contribution < 1.29 is 18.4 Å². The van der Waals surface area contributed by atoms with Crippen LogP contribution >= 0.6 is 0 Å². The Bertz CT molecular complexity index is 1440. The molecule has 0 aromatic carbocycles. The molecule has 15 nitrogen and oxygen atoms in total. The zero-order chi connectivity index (χ0) is 23.9. The van der Waals surface area contributed by atoms with Crippen LogP contribution in [0.25, 0.3) is 16.9 Å². The number of fused-ring (bicyclic) bond motifs is 1. The number of Topliss-reactive ketones (excluding diaryl/α,β-unsaturated/α-hetero) is 1. The van der Waals surface area contributed by atoms with E-state index in [0.717, 1.165) is 6.20 Å². The maximum absolute atomic E-state index is 14.7. The van der Waals surface area contributed by atoms with Gasteiger partial charge in [-0.15, -0.1) is 10.2 Å². The van der Waals surface area contributed by atoms with E-state index >= 15 is 0 Å². The third kappa shape index (κ3) is 3.43. The SMILES string of the molecule is O=C(C(=O)N1CCN(c2nnnn2-c2ncco2)CC1)c1c[nH]c2c(N3C=CNN3)ncc(F)c12. The molecule has 0 bridgehead atoms. The van der Waals surface area contributed by atoms with Crippen molar-refractivity contribution in [1.29, 1.82) is 0 Å². The van der Waals surface area contributed by atoms with Gasteiger partial charge in [-0.2, -0.15) is 0 Å². The largest absolute Gasteiger partial charge is 0.430 e. The smallest absolute Gasteiger partial charge is 0.327 e. The molecule has 4 aromatic heterocycles. The Morgan fingerprint density at radius 3 is 2.74 bits per heavy atom. The van der Waals surface area contributed by atoms with Crippen molar-refractivity contribution in [2.75, 3.05) is 36.1 Å². The van der Waals surface area contributed by atoms with Gasteiger partial charge < -0.3 is 24.6 Å². The fourth-order valence-electron chi connectivity index (χ4n) is 4.03. The van der Waals surface area contributed by atoms with Crippen molar-refractivity contribution in [3.05, 3.63) is 48.6 Å². The molecule has 1 fully saturated rings. The number of tetrazole rings is 1. The molecule has 0 aliphatic carbocycles. The second-order valence-corrected chi connectivity index (χ2v) is 7.64. The summed E-state index contributed by atoms with van der Waals surface area (Å²) in [7, 11) is 0. The number of nitrogens with zero attached hydrogens (tertiary/aromatic N) is 9. The minimum absolute atomic E-state index is 0.000732. The van der Waals surface area contributed by atoms with Crippen LogP contribution in [-0.4, -0.2) is 77.9 Å². The Balaban J connectivity index is 1.20. The quantitative estimate of drug-likeness (QED) is 0.248. The lowest BCUT2D eigenvalue weighted by molar-refractivity contribution is -0.126. The monoisotopic (exact) mass is 480 g/mol. The van der Waals surface area contributed by atoms with Crippen molar-refractivity contribution in [2.45, 2.75) is 0 Å². The Morgan fingerprint density at radius 2 is 2.00 bits per heavy atom. The minimum Gasteiger partial charge on any atom is -0.430 e. The number of carbonyl (C=O) groups is 2. The number of H-pyrrole nitrogens is 1. The van der Waals surface area contributed by atoms with Crippen LogP contribution in [0.15, 0.2) is 41.7 Å². The predicted molar refractivity (Wildman–Crippen MR) is 116 cm³/mol. The molecule has 1 saturated heterocycles. The highest BCUT2D eigenvalue weighted by molar-refractivity contribution is 6.45. The Morgan fingerprint density at radius 1 is 1.14 bits per heavy atom. The Labute approximate surface area is 195 Å². The molecule has 6 heterocycles. The molecule has 0 radical (unpaired) electrons. The first-order chi connectivity index (χ1) is 17.1. The van der Waals surface area contributed by atoms with Gasteiger partial charge in [0.15, 0.2) is 11.6 Å². The van der Waals surface area contributed by atoms with Crippen molar-refractivity contribution in [3.63, 3.8) is 0 Å². The van der Waals surface area contributed by atoms with E-state index < -0.39 is 17.5 Å². The summed E-state index contributed by atoms with van der Waals surface area (Å²) >= 11 is 0. The average Bonchev–Trinajstić information content (AvgIpc) is 3.70. The molecule has 6 rings (SSSR count). The summed E-state index contributed by atoms with van der Waals surface area (Å²) < 4.78 is 21.3. The van der Waals surface area contributed by atoms with Crippen molar-refractivity contribution >= 4 is 34.4 Å². The molecule has 16 heteroatoms. The molecule has 178 valence electrons. The van der Waals surface area contributed by atoms with Gasteiger partial charge >= 0.3 is 6.01 Å². The number of nitrogens with one attached hydrogen (secondary N) is 3. The fourth-order valence-corrected chi connectivity index (χ4v) is 4.03.